The van der Waals surface area contributed by atoms with Gasteiger partial charge in [0.05, 0.1) is 27.8 Å². The normalized spacial score (nSPS) is 10.6. The monoisotopic (exact) mass is 421 g/mol. The summed E-state index contributed by atoms with van der Waals surface area (Å²) >= 11 is 1.44. The fraction of sp³-hybridized carbons (Fsp3) is 0.571. The van der Waals surface area contributed by atoms with Crippen molar-refractivity contribution in [3.05, 3.63) is 22.7 Å². The van der Waals surface area contributed by atoms with Crippen molar-refractivity contribution in [2.24, 2.45) is 0 Å². The Hall–Kier alpha value is -2.35. The van der Waals surface area contributed by atoms with Crippen molar-refractivity contribution in [2.75, 3.05) is 26.6 Å². The Morgan fingerprint density at radius 2 is 1.62 bits per heavy atom. The second-order valence-electron chi connectivity index (χ2n) is 6.78. The molecule has 0 unspecified atom stereocenters. The molecular formula is C21H31N3O4S. The average molecular weight is 422 g/mol. The van der Waals surface area contributed by atoms with Crippen LogP contribution in [0.5, 0.6) is 17.2 Å². The molecule has 0 saturated heterocycles. The largest absolute Gasteiger partial charge is 0.493 e. The summed E-state index contributed by atoms with van der Waals surface area (Å²) in [6.07, 6.45) is 8.53. The molecule has 2 rings (SSSR count). The third kappa shape index (κ3) is 7.20. The number of ether oxygens (including phenoxy) is 3. The average Bonchev–Trinajstić information content (AvgIpc) is 3.16. The number of carbonyl (C=O) groups is 1. The van der Waals surface area contributed by atoms with Gasteiger partial charge in [-0.2, -0.15) is 0 Å². The number of hydrogen-bond donors (Lipinski definition) is 1. The van der Waals surface area contributed by atoms with Gasteiger partial charge in [-0.1, -0.05) is 50.4 Å². The van der Waals surface area contributed by atoms with Crippen molar-refractivity contribution in [3.8, 4) is 17.2 Å². The molecule has 1 aromatic carbocycles. The van der Waals surface area contributed by atoms with Crippen molar-refractivity contribution < 1.29 is 19.0 Å². The van der Waals surface area contributed by atoms with Crippen LogP contribution in [0.1, 0.15) is 56.0 Å². The Kier molecular flexibility index (Phi) is 9.70. The van der Waals surface area contributed by atoms with Crippen LogP contribution in [0.4, 0.5) is 5.13 Å². The van der Waals surface area contributed by atoms with Gasteiger partial charge in [0.2, 0.25) is 16.8 Å². The third-order valence-corrected chi connectivity index (χ3v) is 5.45. The predicted molar refractivity (Wildman–Crippen MR) is 115 cm³/mol. The quantitative estimate of drug-likeness (QED) is 0.474. The molecule has 0 spiro atoms. The molecule has 0 aliphatic carbocycles. The summed E-state index contributed by atoms with van der Waals surface area (Å²) in [5.41, 5.74) is 0.758. The summed E-state index contributed by atoms with van der Waals surface area (Å²) in [6.45, 7) is 2.22. The van der Waals surface area contributed by atoms with Crippen LogP contribution in [0.15, 0.2) is 12.1 Å². The molecule has 1 heterocycles. The van der Waals surface area contributed by atoms with E-state index in [1.54, 1.807) is 33.5 Å². The highest BCUT2D eigenvalue weighted by molar-refractivity contribution is 7.15. The van der Waals surface area contributed by atoms with Gasteiger partial charge in [-0.15, -0.1) is 10.2 Å². The first-order chi connectivity index (χ1) is 14.1. The van der Waals surface area contributed by atoms with Gasteiger partial charge in [-0.05, 0) is 24.1 Å². The lowest BCUT2D eigenvalue weighted by Crippen LogP contribution is -2.14. The summed E-state index contributed by atoms with van der Waals surface area (Å²) in [5.74, 6) is 1.38. The van der Waals surface area contributed by atoms with E-state index in [0.29, 0.717) is 22.4 Å². The molecule has 0 bridgehead atoms. The van der Waals surface area contributed by atoms with Gasteiger partial charge in [0.25, 0.3) is 0 Å². The van der Waals surface area contributed by atoms with E-state index in [1.807, 2.05) is 0 Å². The van der Waals surface area contributed by atoms with Gasteiger partial charge in [0.15, 0.2) is 11.5 Å². The van der Waals surface area contributed by atoms with E-state index in [0.717, 1.165) is 23.4 Å². The molecule has 0 saturated carbocycles. The Labute approximate surface area is 176 Å². The molecule has 1 N–H and O–H groups in total. The number of rotatable bonds is 13. The number of benzene rings is 1. The highest BCUT2D eigenvalue weighted by atomic mass is 32.1. The second-order valence-corrected chi connectivity index (χ2v) is 7.84. The number of aromatic nitrogens is 2. The second kappa shape index (κ2) is 12.3. The maximum atomic E-state index is 12.4. The first-order valence-corrected chi connectivity index (χ1v) is 10.8. The Morgan fingerprint density at radius 3 is 2.24 bits per heavy atom. The maximum Gasteiger partial charge on any atom is 0.230 e. The van der Waals surface area contributed by atoms with Gasteiger partial charge >= 0.3 is 0 Å². The molecule has 0 atom stereocenters. The molecule has 29 heavy (non-hydrogen) atoms. The lowest BCUT2D eigenvalue weighted by atomic mass is 10.1. The minimum Gasteiger partial charge on any atom is -0.493 e. The number of nitrogens with zero attached hydrogens (tertiary/aromatic N) is 2. The molecular weight excluding hydrogens is 390 g/mol. The lowest BCUT2D eigenvalue weighted by Gasteiger charge is -2.13. The van der Waals surface area contributed by atoms with E-state index < -0.39 is 0 Å². The highest BCUT2D eigenvalue weighted by Crippen LogP contribution is 2.38. The van der Waals surface area contributed by atoms with E-state index in [4.69, 9.17) is 14.2 Å². The molecule has 1 aromatic heterocycles. The van der Waals surface area contributed by atoms with Crippen LogP contribution in [0.3, 0.4) is 0 Å². The zero-order valence-corrected chi connectivity index (χ0v) is 18.6. The van der Waals surface area contributed by atoms with Gasteiger partial charge in [0.1, 0.15) is 5.01 Å². The first-order valence-electron chi connectivity index (χ1n) is 10.0. The number of unbranched alkanes of at least 4 members (excludes halogenated alkanes) is 5. The highest BCUT2D eigenvalue weighted by Gasteiger charge is 2.16. The first kappa shape index (κ1) is 22.9. The van der Waals surface area contributed by atoms with Gasteiger partial charge in [-0.3, -0.25) is 4.79 Å². The molecule has 0 fully saturated rings. The van der Waals surface area contributed by atoms with E-state index in [2.05, 4.69) is 22.4 Å². The van der Waals surface area contributed by atoms with E-state index in [9.17, 15) is 4.79 Å². The van der Waals surface area contributed by atoms with Gasteiger partial charge in [0, 0.05) is 6.42 Å². The minimum atomic E-state index is -0.165. The lowest BCUT2D eigenvalue weighted by molar-refractivity contribution is -0.115. The summed E-state index contributed by atoms with van der Waals surface area (Å²) in [7, 11) is 4.65. The van der Waals surface area contributed by atoms with Crippen LogP contribution >= 0.6 is 11.3 Å². The molecule has 0 radical (unpaired) electrons. The fourth-order valence-electron chi connectivity index (χ4n) is 3.05. The number of anilines is 1. The van der Waals surface area contributed by atoms with Crippen molar-refractivity contribution in [2.45, 2.75) is 58.3 Å². The standard InChI is InChI=1S/C21H31N3O4S/c1-5-6-7-8-9-10-11-19-23-24-21(29-19)22-18(25)14-15-12-16(26-2)20(28-4)17(13-15)27-3/h12-13H,5-11,14H2,1-4H3,(H,22,24,25). The van der Waals surface area contributed by atoms with Crippen LogP contribution in [0, 0.1) is 0 Å². The number of carbonyl (C=O) groups excluding carboxylic acids is 1. The van der Waals surface area contributed by atoms with Crippen molar-refractivity contribution in [1.29, 1.82) is 0 Å². The molecule has 2 aromatic rings. The Morgan fingerprint density at radius 1 is 0.966 bits per heavy atom. The van der Waals surface area contributed by atoms with E-state index in [-0.39, 0.29) is 12.3 Å². The van der Waals surface area contributed by atoms with E-state index >= 15 is 0 Å². The minimum absolute atomic E-state index is 0.165. The van der Waals surface area contributed by atoms with Crippen LogP contribution in [-0.4, -0.2) is 37.4 Å². The van der Waals surface area contributed by atoms with Crippen molar-refractivity contribution in [1.82, 2.24) is 10.2 Å². The molecule has 8 heteroatoms. The van der Waals surface area contributed by atoms with Crippen LogP contribution in [-0.2, 0) is 17.6 Å². The number of nitrogens with one attached hydrogen (secondary N) is 1. The topological polar surface area (TPSA) is 82.6 Å². The fourth-order valence-corrected chi connectivity index (χ4v) is 3.85. The van der Waals surface area contributed by atoms with Crippen LogP contribution in [0.25, 0.3) is 0 Å². The molecule has 1 amide bonds. The number of hydrogen-bond acceptors (Lipinski definition) is 7. The van der Waals surface area contributed by atoms with Gasteiger partial charge in [-0.25, -0.2) is 0 Å². The molecule has 7 nitrogen and oxygen atoms in total. The number of amides is 1. The van der Waals surface area contributed by atoms with Crippen LogP contribution in [0.2, 0.25) is 0 Å². The van der Waals surface area contributed by atoms with Crippen molar-refractivity contribution in [3.63, 3.8) is 0 Å². The Balaban J connectivity index is 1.87. The summed E-state index contributed by atoms with van der Waals surface area (Å²) in [6, 6.07) is 3.54. The third-order valence-electron chi connectivity index (χ3n) is 4.55. The van der Waals surface area contributed by atoms with Crippen LogP contribution < -0.4 is 19.5 Å². The maximum absolute atomic E-state index is 12.4. The summed E-state index contributed by atoms with van der Waals surface area (Å²) in [5, 5.41) is 12.6. The van der Waals surface area contributed by atoms with Gasteiger partial charge < -0.3 is 19.5 Å². The predicted octanol–water partition coefficient (Wildman–Crippen LogP) is 4.65. The van der Waals surface area contributed by atoms with Crippen molar-refractivity contribution >= 4 is 22.4 Å². The summed E-state index contributed by atoms with van der Waals surface area (Å²) < 4.78 is 16.0. The molecule has 0 aliphatic rings. The smallest absolute Gasteiger partial charge is 0.230 e. The summed E-state index contributed by atoms with van der Waals surface area (Å²) in [4.78, 5) is 12.4. The zero-order valence-electron chi connectivity index (χ0n) is 17.7. The molecule has 0 aliphatic heterocycles. The van der Waals surface area contributed by atoms with E-state index in [1.165, 1.54) is 43.4 Å². The SMILES string of the molecule is CCCCCCCCc1nnc(NC(=O)Cc2cc(OC)c(OC)c(OC)c2)s1. The zero-order chi connectivity index (χ0) is 21.1. The Bertz CT molecular complexity index is 754. The number of methoxy groups -OCH3 is 3. The molecule has 160 valence electrons. The number of aryl methyl sites for hydroxylation is 1.